The molecule has 1 aromatic heterocycles. The highest BCUT2D eigenvalue weighted by atomic mass is 16.2. The van der Waals surface area contributed by atoms with Gasteiger partial charge in [-0.15, -0.1) is 0 Å². The number of hydrogen-bond acceptors (Lipinski definition) is 2. The van der Waals surface area contributed by atoms with Crippen molar-refractivity contribution in [2.75, 3.05) is 13.1 Å². The number of piperidine rings is 1. The third-order valence-corrected chi connectivity index (χ3v) is 6.11. The van der Waals surface area contributed by atoms with Crippen LogP contribution < -0.4 is 0 Å². The molecule has 1 amide bonds. The van der Waals surface area contributed by atoms with Crippen LogP contribution in [0.4, 0.5) is 0 Å². The number of aryl methyl sites for hydroxylation is 1. The van der Waals surface area contributed by atoms with Gasteiger partial charge in [0.15, 0.2) is 0 Å². The first-order valence-electron chi connectivity index (χ1n) is 10.1. The lowest BCUT2D eigenvalue weighted by Crippen LogP contribution is -2.42. The zero-order valence-corrected chi connectivity index (χ0v) is 15.7. The molecule has 2 aromatic rings. The van der Waals surface area contributed by atoms with Gasteiger partial charge in [0.1, 0.15) is 5.82 Å². The van der Waals surface area contributed by atoms with Crippen molar-refractivity contribution >= 4 is 5.91 Å². The van der Waals surface area contributed by atoms with Gasteiger partial charge >= 0.3 is 0 Å². The summed E-state index contributed by atoms with van der Waals surface area (Å²) >= 11 is 0. The largest absolute Gasteiger partial charge is 0.342 e. The Bertz CT molecular complexity index is 738. The summed E-state index contributed by atoms with van der Waals surface area (Å²) < 4.78 is 2.39. The van der Waals surface area contributed by atoms with Gasteiger partial charge in [-0.1, -0.05) is 49.6 Å². The second kappa shape index (κ2) is 7.65. The molecule has 26 heavy (non-hydrogen) atoms. The summed E-state index contributed by atoms with van der Waals surface area (Å²) in [5.41, 5.74) is 2.38. The van der Waals surface area contributed by atoms with Gasteiger partial charge in [0.05, 0.1) is 0 Å². The fraction of sp³-hybridized carbons (Fsp3) is 0.545. The first-order valence-corrected chi connectivity index (χ1v) is 10.1. The molecule has 0 unspecified atom stereocenters. The second-order valence-corrected chi connectivity index (χ2v) is 7.85. The van der Waals surface area contributed by atoms with Crippen LogP contribution in [0.25, 0.3) is 11.4 Å². The average Bonchev–Trinajstić information content (AvgIpc) is 3.10. The van der Waals surface area contributed by atoms with Crippen LogP contribution in [0.3, 0.4) is 0 Å². The number of hydrogen-bond donors (Lipinski definition) is 0. The number of nitrogens with zero attached hydrogens (tertiary/aromatic N) is 3. The predicted octanol–water partition coefficient (Wildman–Crippen LogP) is 4.60. The minimum absolute atomic E-state index is 0.287. The normalized spacial score (nSPS) is 19.7. The maximum atomic E-state index is 12.8. The summed E-state index contributed by atoms with van der Waals surface area (Å²) in [5.74, 6) is 1.75. The molecule has 4 heteroatoms. The van der Waals surface area contributed by atoms with Crippen LogP contribution >= 0.6 is 0 Å². The highest BCUT2D eigenvalue weighted by Gasteiger charge is 2.30. The maximum absolute atomic E-state index is 12.8. The van der Waals surface area contributed by atoms with Crippen LogP contribution in [-0.2, 0) is 4.79 Å². The highest BCUT2D eigenvalue weighted by Crippen LogP contribution is 2.32. The second-order valence-electron chi connectivity index (χ2n) is 7.85. The van der Waals surface area contributed by atoms with Crippen molar-refractivity contribution in [1.29, 1.82) is 0 Å². The molecule has 4 rings (SSSR count). The molecule has 1 aromatic carbocycles. The molecular formula is C22H29N3O. The minimum atomic E-state index is 0.287. The number of rotatable bonds is 3. The molecule has 0 bridgehead atoms. The van der Waals surface area contributed by atoms with Crippen molar-refractivity contribution in [1.82, 2.24) is 14.5 Å². The summed E-state index contributed by atoms with van der Waals surface area (Å²) in [6.07, 6.45) is 9.96. The lowest BCUT2D eigenvalue weighted by atomic mass is 9.87. The highest BCUT2D eigenvalue weighted by molar-refractivity contribution is 5.79. The number of amides is 1. The number of aromatic nitrogens is 2. The molecule has 0 spiro atoms. The summed E-state index contributed by atoms with van der Waals surface area (Å²) in [6, 6.07) is 10.9. The van der Waals surface area contributed by atoms with Gasteiger partial charge in [-0.05, 0) is 32.6 Å². The van der Waals surface area contributed by atoms with Gasteiger partial charge in [-0.25, -0.2) is 4.98 Å². The third kappa shape index (κ3) is 3.42. The lowest BCUT2D eigenvalue weighted by Gasteiger charge is -2.36. The van der Waals surface area contributed by atoms with E-state index in [0.29, 0.717) is 11.9 Å². The van der Waals surface area contributed by atoms with E-state index >= 15 is 0 Å². The molecule has 1 saturated heterocycles. The van der Waals surface area contributed by atoms with Crippen molar-refractivity contribution in [2.24, 2.45) is 5.92 Å². The fourth-order valence-electron chi connectivity index (χ4n) is 4.66. The Morgan fingerprint density at radius 2 is 1.69 bits per heavy atom. The van der Waals surface area contributed by atoms with Crippen molar-refractivity contribution < 1.29 is 4.79 Å². The van der Waals surface area contributed by atoms with Crippen molar-refractivity contribution in [3.05, 3.63) is 42.2 Å². The van der Waals surface area contributed by atoms with Crippen molar-refractivity contribution in [2.45, 2.75) is 57.9 Å². The van der Waals surface area contributed by atoms with E-state index in [1.165, 1.54) is 30.5 Å². The van der Waals surface area contributed by atoms with Crippen LogP contribution in [0.5, 0.6) is 0 Å². The Labute approximate surface area is 156 Å². The molecule has 1 aliphatic carbocycles. The molecule has 0 N–H and O–H groups in total. The summed E-state index contributed by atoms with van der Waals surface area (Å²) in [6.45, 7) is 3.90. The average molecular weight is 351 g/mol. The Kier molecular flexibility index (Phi) is 5.09. The smallest absolute Gasteiger partial charge is 0.225 e. The number of carbonyl (C=O) groups is 1. The van der Waals surface area contributed by atoms with E-state index in [1.807, 2.05) is 12.3 Å². The SMILES string of the molecule is Cc1cnc(-c2ccccc2)n1C1CCN(C(=O)C2CCCCC2)CC1. The van der Waals surface area contributed by atoms with E-state index in [4.69, 9.17) is 0 Å². The van der Waals surface area contributed by atoms with E-state index in [2.05, 4.69) is 45.6 Å². The molecule has 1 aliphatic heterocycles. The molecule has 138 valence electrons. The van der Waals surface area contributed by atoms with Gasteiger partial charge in [0, 0.05) is 42.5 Å². The van der Waals surface area contributed by atoms with E-state index in [0.717, 1.165) is 44.6 Å². The van der Waals surface area contributed by atoms with Crippen molar-refractivity contribution in [3.8, 4) is 11.4 Å². The molecule has 2 aliphatic rings. The molecular weight excluding hydrogens is 322 g/mol. The van der Waals surface area contributed by atoms with Crippen LogP contribution in [0, 0.1) is 12.8 Å². The number of imidazole rings is 1. The standard InChI is InChI=1S/C22H29N3O/c1-17-16-23-21(18-8-4-2-5-9-18)25(17)20-12-14-24(15-13-20)22(26)19-10-6-3-7-11-19/h2,4-5,8-9,16,19-20H,3,6-7,10-15H2,1H3. The molecule has 4 nitrogen and oxygen atoms in total. The Morgan fingerprint density at radius 1 is 1.00 bits per heavy atom. The Balaban J connectivity index is 1.45. The topological polar surface area (TPSA) is 38.1 Å². The lowest BCUT2D eigenvalue weighted by molar-refractivity contribution is -0.137. The molecule has 2 fully saturated rings. The Hall–Kier alpha value is -2.10. The first kappa shape index (κ1) is 17.3. The molecule has 0 radical (unpaired) electrons. The number of benzene rings is 1. The summed E-state index contributed by atoms with van der Waals surface area (Å²) in [7, 11) is 0. The summed E-state index contributed by atoms with van der Waals surface area (Å²) in [4.78, 5) is 19.6. The maximum Gasteiger partial charge on any atom is 0.225 e. The zero-order chi connectivity index (χ0) is 17.9. The van der Waals surface area contributed by atoms with Gasteiger partial charge in [-0.3, -0.25) is 4.79 Å². The number of likely N-dealkylation sites (tertiary alicyclic amines) is 1. The van der Waals surface area contributed by atoms with Crippen LogP contribution in [0.1, 0.15) is 56.7 Å². The number of carbonyl (C=O) groups excluding carboxylic acids is 1. The van der Waals surface area contributed by atoms with Gasteiger partial charge in [0.2, 0.25) is 5.91 Å². The van der Waals surface area contributed by atoms with Gasteiger partial charge in [-0.2, -0.15) is 0 Å². The van der Waals surface area contributed by atoms with Crippen LogP contribution in [0.15, 0.2) is 36.5 Å². The van der Waals surface area contributed by atoms with E-state index in [-0.39, 0.29) is 5.92 Å². The molecule has 1 saturated carbocycles. The molecule has 0 atom stereocenters. The van der Waals surface area contributed by atoms with Gasteiger partial charge < -0.3 is 9.47 Å². The quantitative estimate of drug-likeness (QED) is 0.810. The minimum Gasteiger partial charge on any atom is -0.342 e. The third-order valence-electron chi connectivity index (χ3n) is 6.11. The molecule has 2 heterocycles. The van der Waals surface area contributed by atoms with Crippen molar-refractivity contribution in [3.63, 3.8) is 0 Å². The monoisotopic (exact) mass is 351 g/mol. The van der Waals surface area contributed by atoms with E-state index < -0.39 is 0 Å². The summed E-state index contributed by atoms with van der Waals surface area (Å²) in [5, 5.41) is 0. The van der Waals surface area contributed by atoms with Crippen LogP contribution in [0.2, 0.25) is 0 Å². The predicted molar refractivity (Wildman–Crippen MR) is 104 cm³/mol. The van der Waals surface area contributed by atoms with E-state index in [1.54, 1.807) is 0 Å². The first-order chi connectivity index (χ1) is 12.7. The Morgan fingerprint density at radius 3 is 2.38 bits per heavy atom. The van der Waals surface area contributed by atoms with E-state index in [9.17, 15) is 4.79 Å². The zero-order valence-electron chi connectivity index (χ0n) is 15.7. The fourth-order valence-corrected chi connectivity index (χ4v) is 4.66. The van der Waals surface area contributed by atoms with Gasteiger partial charge in [0.25, 0.3) is 0 Å². The van der Waals surface area contributed by atoms with Crippen LogP contribution in [-0.4, -0.2) is 33.4 Å².